The zero-order valence-corrected chi connectivity index (χ0v) is 19.7. The Bertz CT molecular complexity index is 550. The molecule has 1 rings (SSSR count). The van der Waals surface area contributed by atoms with Gasteiger partial charge in [-0.05, 0) is 39.7 Å². The second kappa shape index (κ2) is 8.46. The van der Waals surface area contributed by atoms with Crippen LogP contribution in [0.15, 0.2) is 12.1 Å². The molecule has 0 amide bonds. The summed E-state index contributed by atoms with van der Waals surface area (Å²) >= 11 is 0. The van der Waals surface area contributed by atoms with Crippen LogP contribution >= 0.6 is 7.60 Å². The average molecular weight is 366 g/mol. The smallest absolute Gasteiger partial charge is 0.778 e. The van der Waals surface area contributed by atoms with Crippen LogP contribution in [0.1, 0.15) is 65.2 Å². The van der Waals surface area contributed by atoms with Crippen LogP contribution in [0.4, 0.5) is 0 Å². The van der Waals surface area contributed by atoms with Crippen LogP contribution in [0.5, 0.6) is 5.75 Å². The molecule has 23 heavy (non-hydrogen) atoms. The molecule has 1 aromatic rings. The third-order valence-electron chi connectivity index (χ3n) is 3.60. The minimum absolute atomic E-state index is 0. The molecule has 0 aromatic heterocycles. The first-order valence-electron chi connectivity index (χ1n) is 7.59. The fourth-order valence-corrected chi connectivity index (χ4v) is 2.71. The van der Waals surface area contributed by atoms with Crippen molar-refractivity contribution in [3.8, 4) is 5.75 Å². The van der Waals surface area contributed by atoms with E-state index in [2.05, 4.69) is 0 Å². The van der Waals surface area contributed by atoms with Crippen LogP contribution < -0.4 is 56.3 Å². The van der Waals surface area contributed by atoms with Crippen molar-refractivity contribution >= 4 is 7.60 Å². The van der Waals surface area contributed by atoms with Crippen molar-refractivity contribution in [3.05, 3.63) is 28.8 Å². The van der Waals surface area contributed by atoms with Crippen LogP contribution in [0, 0.1) is 0 Å². The minimum Gasteiger partial charge on any atom is -0.778 e. The van der Waals surface area contributed by atoms with E-state index in [0.29, 0.717) is 0 Å². The van der Waals surface area contributed by atoms with Crippen molar-refractivity contribution in [3.63, 3.8) is 0 Å². The first-order valence-corrected chi connectivity index (χ1v) is 9.32. The molecule has 6 heteroatoms. The van der Waals surface area contributed by atoms with E-state index >= 15 is 0 Å². The SMILES string of the molecule is CCP(=O)([O-])OCc1cc(C(C)(C)C)c(O)c(C(C)(C)C)c1.[K+]. The normalized spacial score (nSPS) is 15.0. The van der Waals surface area contributed by atoms with Gasteiger partial charge >= 0.3 is 51.4 Å². The molecule has 1 atom stereocenters. The van der Waals surface area contributed by atoms with Gasteiger partial charge < -0.3 is 19.1 Å². The summed E-state index contributed by atoms with van der Waals surface area (Å²) in [5.41, 5.74) is 1.88. The molecular formula is C17H28KO4P. The van der Waals surface area contributed by atoms with E-state index < -0.39 is 7.60 Å². The molecule has 0 fully saturated rings. The summed E-state index contributed by atoms with van der Waals surface area (Å²) in [5.74, 6) is 0.282. The van der Waals surface area contributed by atoms with E-state index in [-0.39, 0.29) is 80.7 Å². The van der Waals surface area contributed by atoms with Gasteiger partial charge in [0, 0.05) is 6.16 Å². The van der Waals surface area contributed by atoms with E-state index in [1.165, 1.54) is 0 Å². The first kappa shape index (κ1) is 23.8. The van der Waals surface area contributed by atoms with Gasteiger partial charge in [0.25, 0.3) is 0 Å². The molecule has 0 aliphatic heterocycles. The number of hydrogen-bond acceptors (Lipinski definition) is 4. The Balaban J connectivity index is 0.00000484. The Kier molecular flexibility index (Phi) is 8.76. The summed E-state index contributed by atoms with van der Waals surface area (Å²) < 4.78 is 16.6. The summed E-state index contributed by atoms with van der Waals surface area (Å²) in [6, 6.07) is 3.67. The van der Waals surface area contributed by atoms with Gasteiger partial charge in [-0.1, -0.05) is 48.5 Å². The average Bonchev–Trinajstić information content (AvgIpc) is 2.34. The van der Waals surface area contributed by atoms with Crippen molar-refractivity contribution in [2.75, 3.05) is 6.16 Å². The fraction of sp³-hybridized carbons (Fsp3) is 0.647. The van der Waals surface area contributed by atoms with Crippen molar-refractivity contribution in [1.82, 2.24) is 0 Å². The molecule has 0 bridgehead atoms. The maximum Gasteiger partial charge on any atom is 1.00 e. The summed E-state index contributed by atoms with van der Waals surface area (Å²) in [6.45, 7) is 13.7. The predicted octanol–water partition coefficient (Wildman–Crippen LogP) is 1.08. The maximum atomic E-state index is 11.6. The summed E-state index contributed by atoms with van der Waals surface area (Å²) in [4.78, 5) is 11.6. The number of rotatable bonds is 4. The van der Waals surface area contributed by atoms with Crippen LogP contribution in [0.2, 0.25) is 0 Å². The molecule has 0 saturated heterocycles. The van der Waals surface area contributed by atoms with Gasteiger partial charge in [-0.15, -0.1) is 0 Å². The summed E-state index contributed by atoms with van der Waals surface area (Å²) in [5, 5.41) is 10.6. The Labute approximate surface area is 183 Å². The van der Waals surface area contributed by atoms with Crippen molar-refractivity contribution in [1.29, 1.82) is 0 Å². The molecule has 1 unspecified atom stereocenters. The van der Waals surface area contributed by atoms with Gasteiger partial charge in [0.15, 0.2) is 0 Å². The maximum absolute atomic E-state index is 11.6. The van der Waals surface area contributed by atoms with Crippen LogP contribution in [-0.4, -0.2) is 11.3 Å². The predicted molar refractivity (Wildman–Crippen MR) is 88.4 cm³/mol. The van der Waals surface area contributed by atoms with Crippen molar-refractivity contribution < 1.29 is 70.5 Å². The van der Waals surface area contributed by atoms with E-state index in [9.17, 15) is 14.6 Å². The fourth-order valence-electron chi connectivity index (χ4n) is 2.19. The monoisotopic (exact) mass is 366 g/mol. The Morgan fingerprint density at radius 1 is 1.09 bits per heavy atom. The molecule has 1 aromatic carbocycles. The molecule has 1 N–H and O–H groups in total. The van der Waals surface area contributed by atoms with Gasteiger partial charge in [0.1, 0.15) is 13.3 Å². The van der Waals surface area contributed by atoms with Crippen molar-refractivity contribution in [2.45, 2.75) is 65.9 Å². The quantitative estimate of drug-likeness (QED) is 0.640. The third kappa shape index (κ3) is 6.91. The Morgan fingerprint density at radius 3 is 1.78 bits per heavy atom. The minimum atomic E-state index is -3.77. The Hall–Kier alpha value is 0.806. The largest absolute Gasteiger partial charge is 1.00 e. The van der Waals surface area contributed by atoms with Crippen molar-refractivity contribution in [2.24, 2.45) is 0 Å². The number of phenolic OH excluding ortho intramolecular Hbond substituents is 1. The third-order valence-corrected chi connectivity index (χ3v) is 4.90. The van der Waals surface area contributed by atoms with Gasteiger partial charge in [-0.25, -0.2) is 0 Å². The van der Waals surface area contributed by atoms with Gasteiger partial charge in [-0.2, -0.15) is 0 Å². The first-order chi connectivity index (χ1) is 9.78. The number of hydrogen-bond donors (Lipinski definition) is 1. The molecule has 0 spiro atoms. The molecule has 0 aliphatic rings. The van der Waals surface area contributed by atoms with E-state index in [1.54, 1.807) is 6.92 Å². The second-order valence-electron chi connectivity index (χ2n) is 7.74. The van der Waals surface area contributed by atoms with E-state index in [1.807, 2.05) is 53.7 Å². The molecule has 0 saturated carbocycles. The number of aromatic hydroxyl groups is 1. The summed E-state index contributed by atoms with van der Waals surface area (Å²) in [6.07, 6.45) is -0.0245. The summed E-state index contributed by atoms with van der Waals surface area (Å²) in [7, 11) is -3.77. The molecule has 0 radical (unpaired) electrons. The van der Waals surface area contributed by atoms with Gasteiger partial charge in [0.2, 0.25) is 0 Å². The zero-order valence-electron chi connectivity index (χ0n) is 15.7. The van der Waals surface area contributed by atoms with Gasteiger partial charge in [0.05, 0.1) is 6.61 Å². The molecule has 126 valence electrons. The zero-order chi connectivity index (χ0) is 17.3. The molecular weight excluding hydrogens is 338 g/mol. The Morgan fingerprint density at radius 2 is 1.48 bits per heavy atom. The topological polar surface area (TPSA) is 69.6 Å². The molecule has 0 heterocycles. The number of benzene rings is 1. The second-order valence-corrected chi connectivity index (χ2v) is 9.85. The van der Waals surface area contributed by atoms with Gasteiger partial charge in [-0.3, -0.25) is 0 Å². The molecule has 4 nitrogen and oxygen atoms in total. The standard InChI is InChI=1S/C17H29O4P.K/c1-8-22(19,20)21-11-12-9-13(16(2,3)4)15(18)14(10-12)17(5,6)7;/h9-10,18H,8,11H2,1-7H3,(H,19,20);/q;+1/p-1. The van der Waals surface area contributed by atoms with Crippen LogP contribution in [0.3, 0.4) is 0 Å². The van der Waals surface area contributed by atoms with E-state index in [0.717, 1.165) is 16.7 Å². The van der Waals surface area contributed by atoms with E-state index in [4.69, 9.17) is 4.52 Å². The number of phenols is 1. The molecule has 0 aliphatic carbocycles. The van der Waals surface area contributed by atoms with Crippen LogP contribution in [0.25, 0.3) is 0 Å². The van der Waals surface area contributed by atoms with Crippen LogP contribution in [-0.2, 0) is 26.5 Å².